The summed E-state index contributed by atoms with van der Waals surface area (Å²) in [7, 11) is 0. The van der Waals surface area contributed by atoms with Gasteiger partial charge < -0.3 is 4.74 Å². The summed E-state index contributed by atoms with van der Waals surface area (Å²) in [6.07, 6.45) is 0.530. The lowest BCUT2D eigenvalue weighted by Gasteiger charge is -2.18. The highest BCUT2D eigenvalue weighted by atomic mass is 16.6. The number of amides is 1. The first-order chi connectivity index (χ1) is 9.08. The Labute approximate surface area is 117 Å². The molecule has 0 aliphatic rings. The van der Waals surface area contributed by atoms with Gasteiger partial charge >= 0.3 is 11.8 Å². The van der Waals surface area contributed by atoms with Crippen LogP contribution in [0.1, 0.15) is 34.6 Å². The molecule has 0 radical (unpaired) electrons. The molecule has 0 spiro atoms. The van der Waals surface area contributed by atoms with Crippen LogP contribution in [0.4, 0.5) is 16.3 Å². The molecule has 20 heavy (non-hydrogen) atoms. The zero-order valence-electron chi connectivity index (χ0n) is 12.3. The summed E-state index contributed by atoms with van der Waals surface area (Å²) in [5, 5.41) is 17.3. The van der Waals surface area contributed by atoms with Crippen LogP contribution in [0.15, 0.2) is 6.20 Å². The molecule has 0 bridgehead atoms. The number of ether oxygens (including phenoxy) is 1. The fraction of sp³-hybridized carbons (Fsp3) is 0.667. The molecule has 0 unspecified atom stereocenters. The SMILES string of the molecule is CC(C)Cn1cc([N+](=O)[O-])c(NC(=O)OC(C)(C)C)n1. The second-order valence-electron chi connectivity index (χ2n) is 5.86. The molecule has 1 heterocycles. The van der Waals surface area contributed by atoms with E-state index in [1.807, 2.05) is 13.8 Å². The fourth-order valence-electron chi connectivity index (χ4n) is 1.50. The van der Waals surface area contributed by atoms with Crippen molar-refractivity contribution < 1.29 is 14.5 Å². The minimum Gasteiger partial charge on any atom is -0.444 e. The first-order valence-corrected chi connectivity index (χ1v) is 6.30. The minimum atomic E-state index is -0.768. The molecule has 112 valence electrons. The highest BCUT2D eigenvalue weighted by molar-refractivity contribution is 5.86. The van der Waals surface area contributed by atoms with Crippen molar-refractivity contribution in [2.75, 3.05) is 5.32 Å². The number of anilines is 1. The normalized spacial score (nSPS) is 11.5. The van der Waals surface area contributed by atoms with Crippen LogP contribution in [0.2, 0.25) is 0 Å². The van der Waals surface area contributed by atoms with Crippen LogP contribution in [-0.2, 0) is 11.3 Å². The largest absolute Gasteiger partial charge is 0.444 e. The predicted octanol–water partition coefficient (Wildman–Crippen LogP) is 2.79. The monoisotopic (exact) mass is 284 g/mol. The van der Waals surface area contributed by atoms with E-state index in [0.717, 1.165) is 0 Å². The van der Waals surface area contributed by atoms with E-state index in [-0.39, 0.29) is 17.4 Å². The van der Waals surface area contributed by atoms with Crippen LogP contribution in [0.25, 0.3) is 0 Å². The van der Waals surface area contributed by atoms with Crippen molar-refractivity contribution in [1.82, 2.24) is 9.78 Å². The summed E-state index contributed by atoms with van der Waals surface area (Å²) in [5.41, 5.74) is -0.934. The van der Waals surface area contributed by atoms with Gasteiger partial charge in [0.1, 0.15) is 11.8 Å². The number of nitrogens with zero attached hydrogens (tertiary/aromatic N) is 3. The molecule has 0 saturated carbocycles. The molecule has 1 aromatic heterocycles. The van der Waals surface area contributed by atoms with Crippen molar-refractivity contribution in [3.63, 3.8) is 0 Å². The maximum absolute atomic E-state index is 11.6. The number of carbonyl (C=O) groups is 1. The van der Waals surface area contributed by atoms with Gasteiger partial charge in [-0.15, -0.1) is 5.10 Å². The summed E-state index contributed by atoms with van der Waals surface area (Å²) >= 11 is 0. The van der Waals surface area contributed by atoms with Gasteiger partial charge in [0.25, 0.3) is 0 Å². The molecule has 0 aliphatic carbocycles. The van der Waals surface area contributed by atoms with E-state index in [1.165, 1.54) is 10.9 Å². The average Bonchev–Trinajstić information content (AvgIpc) is 2.56. The van der Waals surface area contributed by atoms with Crippen molar-refractivity contribution in [2.45, 2.75) is 46.8 Å². The predicted molar refractivity (Wildman–Crippen MR) is 73.6 cm³/mol. The van der Waals surface area contributed by atoms with Crippen molar-refractivity contribution in [1.29, 1.82) is 0 Å². The number of nitro groups is 1. The average molecular weight is 284 g/mol. The molecule has 0 fully saturated rings. The molecular formula is C12H20N4O4. The van der Waals surface area contributed by atoms with Gasteiger partial charge in [-0.25, -0.2) is 4.79 Å². The Morgan fingerprint density at radius 2 is 2.15 bits per heavy atom. The van der Waals surface area contributed by atoms with Crippen molar-refractivity contribution >= 4 is 17.6 Å². The Bertz CT molecular complexity index is 502. The van der Waals surface area contributed by atoms with E-state index in [2.05, 4.69) is 10.4 Å². The molecule has 0 saturated heterocycles. The summed E-state index contributed by atoms with van der Waals surface area (Å²) in [6, 6.07) is 0. The Hall–Kier alpha value is -2.12. The van der Waals surface area contributed by atoms with E-state index >= 15 is 0 Å². The Kier molecular flexibility index (Phi) is 4.69. The second kappa shape index (κ2) is 5.89. The van der Waals surface area contributed by atoms with Crippen LogP contribution in [0.3, 0.4) is 0 Å². The first-order valence-electron chi connectivity index (χ1n) is 6.30. The maximum Gasteiger partial charge on any atom is 0.413 e. The molecule has 8 nitrogen and oxygen atoms in total. The zero-order chi connectivity index (χ0) is 15.5. The van der Waals surface area contributed by atoms with Gasteiger partial charge in [0.15, 0.2) is 0 Å². The lowest BCUT2D eigenvalue weighted by Crippen LogP contribution is -2.27. The molecular weight excluding hydrogens is 264 g/mol. The fourth-order valence-corrected chi connectivity index (χ4v) is 1.50. The van der Waals surface area contributed by atoms with Crippen LogP contribution >= 0.6 is 0 Å². The first kappa shape index (κ1) is 15.9. The van der Waals surface area contributed by atoms with Gasteiger partial charge in [-0.2, -0.15) is 0 Å². The van der Waals surface area contributed by atoms with Gasteiger partial charge in [-0.3, -0.25) is 20.1 Å². The molecule has 1 aromatic rings. The number of hydrogen-bond acceptors (Lipinski definition) is 5. The number of nitrogens with one attached hydrogen (secondary N) is 1. The lowest BCUT2D eigenvalue weighted by molar-refractivity contribution is -0.384. The third-order valence-electron chi connectivity index (χ3n) is 2.11. The second-order valence-corrected chi connectivity index (χ2v) is 5.86. The van der Waals surface area contributed by atoms with Gasteiger partial charge in [-0.1, -0.05) is 13.8 Å². The third kappa shape index (κ3) is 4.87. The van der Waals surface area contributed by atoms with Crippen LogP contribution in [0.5, 0.6) is 0 Å². The number of carbonyl (C=O) groups excluding carboxylic acids is 1. The maximum atomic E-state index is 11.6. The van der Waals surface area contributed by atoms with Gasteiger partial charge in [0, 0.05) is 6.54 Å². The van der Waals surface area contributed by atoms with E-state index in [0.29, 0.717) is 6.54 Å². The summed E-state index contributed by atoms with van der Waals surface area (Å²) in [6.45, 7) is 9.58. The summed E-state index contributed by atoms with van der Waals surface area (Å²) in [4.78, 5) is 22.0. The molecule has 1 rings (SSSR count). The molecule has 0 aliphatic heterocycles. The topological polar surface area (TPSA) is 99.3 Å². The van der Waals surface area contributed by atoms with Gasteiger partial charge in [0.2, 0.25) is 5.82 Å². The standard InChI is InChI=1S/C12H20N4O4/c1-8(2)6-15-7-9(16(18)19)10(14-15)13-11(17)20-12(3,4)5/h7-8H,6H2,1-5H3,(H,13,14,17). The summed E-state index contributed by atoms with van der Waals surface area (Å²) in [5.74, 6) is 0.175. The van der Waals surface area contributed by atoms with Crippen LogP contribution in [-0.4, -0.2) is 26.4 Å². The highest BCUT2D eigenvalue weighted by Gasteiger charge is 2.24. The smallest absolute Gasteiger partial charge is 0.413 e. The molecule has 0 atom stereocenters. The van der Waals surface area contributed by atoms with Crippen molar-refractivity contribution in [3.05, 3.63) is 16.3 Å². The van der Waals surface area contributed by atoms with E-state index in [4.69, 9.17) is 4.74 Å². The van der Waals surface area contributed by atoms with E-state index in [9.17, 15) is 14.9 Å². The quantitative estimate of drug-likeness (QED) is 0.677. The van der Waals surface area contributed by atoms with E-state index < -0.39 is 16.6 Å². The van der Waals surface area contributed by atoms with Crippen molar-refractivity contribution in [3.8, 4) is 0 Å². The van der Waals surface area contributed by atoms with Crippen LogP contribution in [0, 0.1) is 16.0 Å². The van der Waals surface area contributed by atoms with Gasteiger partial charge in [0.05, 0.1) is 4.92 Å². The Morgan fingerprint density at radius 3 is 2.60 bits per heavy atom. The Balaban J connectivity index is 2.90. The molecule has 1 N–H and O–H groups in total. The van der Waals surface area contributed by atoms with Gasteiger partial charge in [-0.05, 0) is 26.7 Å². The number of aromatic nitrogens is 2. The molecule has 8 heteroatoms. The lowest BCUT2D eigenvalue weighted by atomic mass is 10.2. The molecule has 0 aromatic carbocycles. The van der Waals surface area contributed by atoms with Crippen LogP contribution < -0.4 is 5.32 Å². The van der Waals surface area contributed by atoms with E-state index in [1.54, 1.807) is 20.8 Å². The zero-order valence-corrected chi connectivity index (χ0v) is 12.3. The Morgan fingerprint density at radius 1 is 1.55 bits per heavy atom. The van der Waals surface area contributed by atoms with Crippen molar-refractivity contribution in [2.24, 2.45) is 5.92 Å². The number of hydrogen-bond donors (Lipinski definition) is 1. The third-order valence-corrected chi connectivity index (χ3v) is 2.11. The minimum absolute atomic E-state index is 0.107. The summed E-state index contributed by atoms with van der Waals surface area (Å²) < 4.78 is 6.48. The molecule has 1 amide bonds. The highest BCUT2D eigenvalue weighted by Crippen LogP contribution is 2.23. The number of rotatable bonds is 4.